The normalized spacial score (nSPS) is 11.3. The average molecular weight is 394 g/mol. The Labute approximate surface area is 175 Å². The maximum atomic E-state index is 9.43. The molecule has 0 aliphatic rings. The van der Waals surface area contributed by atoms with Crippen molar-refractivity contribution in [2.24, 2.45) is 5.10 Å². The zero-order valence-electron chi connectivity index (χ0n) is 16.7. The smallest absolute Gasteiger partial charge is 0.150 e. The van der Waals surface area contributed by atoms with Gasteiger partial charge in [-0.1, -0.05) is 60.7 Å². The number of phenols is 1. The zero-order valence-corrected chi connectivity index (χ0v) is 16.7. The molecule has 30 heavy (non-hydrogen) atoms. The molecule has 0 spiro atoms. The van der Waals surface area contributed by atoms with Crippen LogP contribution in [0.15, 0.2) is 96.1 Å². The minimum Gasteiger partial charge on any atom is -0.508 e. The molecule has 0 radical (unpaired) electrons. The predicted molar refractivity (Wildman–Crippen MR) is 120 cm³/mol. The molecule has 0 atom stereocenters. The predicted octanol–water partition coefficient (Wildman–Crippen LogP) is 5.03. The van der Waals surface area contributed by atoms with Gasteiger partial charge in [0, 0.05) is 11.1 Å². The summed E-state index contributed by atoms with van der Waals surface area (Å²) in [4.78, 5) is 9.47. The van der Waals surface area contributed by atoms with Gasteiger partial charge >= 0.3 is 0 Å². The minimum atomic E-state index is 0.235. The summed E-state index contributed by atoms with van der Waals surface area (Å²) in [7, 11) is 0. The fraction of sp³-hybridized carbons (Fsp3) is 0.0800. The monoisotopic (exact) mass is 394 g/mol. The number of aromatic hydroxyl groups is 1. The number of nitrogens with one attached hydrogen (secondary N) is 1. The Hall–Kier alpha value is -3.99. The van der Waals surface area contributed by atoms with E-state index in [2.05, 4.69) is 10.5 Å². The first-order valence-corrected chi connectivity index (χ1v) is 9.74. The Morgan fingerprint density at radius 1 is 0.800 bits per heavy atom. The lowest BCUT2D eigenvalue weighted by atomic mass is 10.1. The summed E-state index contributed by atoms with van der Waals surface area (Å²) in [6, 6.07) is 29.1. The maximum absolute atomic E-state index is 9.43. The number of aromatic nitrogens is 2. The van der Waals surface area contributed by atoms with Gasteiger partial charge in [0.1, 0.15) is 11.6 Å². The molecule has 1 heterocycles. The fourth-order valence-corrected chi connectivity index (χ4v) is 3.09. The minimum absolute atomic E-state index is 0.235. The first kappa shape index (κ1) is 19.3. The van der Waals surface area contributed by atoms with Crippen LogP contribution in [0.25, 0.3) is 22.5 Å². The van der Waals surface area contributed by atoms with Crippen molar-refractivity contribution in [1.29, 1.82) is 0 Å². The van der Waals surface area contributed by atoms with Crippen LogP contribution in [-0.4, -0.2) is 20.8 Å². The lowest BCUT2D eigenvalue weighted by Crippen LogP contribution is -2.12. The fourth-order valence-electron chi connectivity index (χ4n) is 3.09. The van der Waals surface area contributed by atoms with Gasteiger partial charge < -0.3 is 10.5 Å². The third-order valence-electron chi connectivity index (χ3n) is 4.68. The van der Waals surface area contributed by atoms with Crippen LogP contribution in [-0.2, 0) is 6.54 Å². The summed E-state index contributed by atoms with van der Waals surface area (Å²) < 4.78 is 0. The molecule has 4 aromatic rings. The van der Waals surface area contributed by atoms with E-state index in [0.29, 0.717) is 12.4 Å². The zero-order chi connectivity index (χ0) is 20.8. The highest BCUT2D eigenvalue weighted by Crippen LogP contribution is 2.23. The summed E-state index contributed by atoms with van der Waals surface area (Å²) in [5.74, 6) is 0.900. The number of hydrogen-bond donors (Lipinski definition) is 2. The first-order chi connectivity index (χ1) is 14.7. The topological polar surface area (TPSA) is 70.4 Å². The van der Waals surface area contributed by atoms with E-state index in [0.717, 1.165) is 33.8 Å². The summed E-state index contributed by atoms with van der Waals surface area (Å²) in [5, 5.41) is 13.9. The van der Waals surface area contributed by atoms with E-state index in [4.69, 9.17) is 9.97 Å². The number of benzene rings is 3. The van der Waals surface area contributed by atoms with E-state index in [1.54, 1.807) is 12.1 Å². The van der Waals surface area contributed by atoms with Crippen molar-refractivity contribution in [2.45, 2.75) is 13.5 Å². The molecular formula is C25H22N4O. The summed E-state index contributed by atoms with van der Waals surface area (Å²) in [6.07, 6.45) is 0. The molecule has 5 nitrogen and oxygen atoms in total. The van der Waals surface area contributed by atoms with Gasteiger partial charge in [-0.2, -0.15) is 5.10 Å². The Bertz CT molecular complexity index is 1080. The van der Waals surface area contributed by atoms with Gasteiger partial charge in [-0.25, -0.2) is 9.97 Å². The van der Waals surface area contributed by atoms with Crippen LogP contribution in [0.1, 0.15) is 18.3 Å². The van der Waals surface area contributed by atoms with Crippen molar-refractivity contribution in [3.8, 4) is 28.3 Å². The molecule has 0 bridgehead atoms. The van der Waals surface area contributed by atoms with E-state index < -0.39 is 0 Å². The molecule has 0 amide bonds. The molecule has 3 aromatic carbocycles. The van der Waals surface area contributed by atoms with E-state index in [9.17, 15) is 5.11 Å². The summed E-state index contributed by atoms with van der Waals surface area (Å²) >= 11 is 0. The number of hydrazone groups is 1. The molecule has 2 N–H and O–H groups in total. The Morgan fingerprint density at radius 3 is 1.87 bits per heavy atom. The van der Waals surface area contributed by atoms with Crippen LogP contribution < -0.4 is 5.43 Å². The van der Waals surface area contributed by atoms with Crippen molar-refractivity contribution < 1.29 is 5.11 Å². The molecule has 148 valence electrons. The molecule has 0 saturated carbocycles. The molecule has 4 rings (SSSR count). The molecule has 0 fully saturated rings. The highest BCUT2D eigenvalue weighted by molar-refractivity contribution is 5.98. The second kappa shape index (κ2) is 9.01. The second-order valence-electron chi connectivity index (χ2n) is 6.87. The molecule has 0 saturated heterocycles. The van der Waals surface area contributed by atoms with Crippen LogP contribution in [0.4, 0.5) is 0 Å². The Kier molecular flexibility index (Phi) is 5.80. The van der Waals surface area contributed by atoms with Gasteiger partial charge in [0.15, 0.2) is 0 Å². The van der Waals surface area contributed by atoms with Gasteiger partial charge in [0.25, 0.3) is 0 Å². The Balaban J connectivity index is 1.60. The standard InChI is InChI=1S/C25H22N4O/c1-18(19-12-14-22(30)15-13-19)29-26-17-25-27-23(20-8-4-2-5-9-20)16-24(28-25)21-10-6-3-7-11-21/h2-16,26,30H,17H2,1H3/b29-18+. The van der Waals surface area contributed by atoms with Crippen molar-refractivity contribution in [2.75, 3.05) is 0 Å². The van der Waals surface area contributed by atoms with Crippen LogP contribution in [0, 0.1) is 0 Å². The molecular weight excluding hydrogens is 372 g/mol. The SMILES string of the molecule is C/C(=N\NCc1nc(-c2ccccc2)cc(-c2ccccc2)n1)c1ccc(O)cc1. The molecule has 1 aromatic heterocycles. The van der Waals surface area contributed by atoms with Crippen LogP contribution in [0.5, 0.6) is 5.75 Å². The van der Waals surface area contributed by atoms with Crippen LogP contribution in [0.3, 0.4) is 0 Å². The van der Waals surface area contributed by atoms with Crippen molar-refractivity contribution >= 4 is 5.71 Å². The van der Waals surface area contributed by atoms with Gasteiger partial charge in [-0.15, -0.1) is 0 Å². The van der Waals surface area contributed by atoms with Gasteiger partial charge in [0.05, 0.1) is 23.6 Å². The number of hydrogen-bond acceptors (Lipinski definition) is 5. The average Bonchev–Trinajstić information content (AvgIpc) is 2.80. The molecule has 0 aliphatic heterocycles. The second-order valence-corrected chi connectivity index (χ2v) is 6.87. The number of phenolic OH excluding ortho intramolecular Hbond substituents is 1. The summed E-state index contributed by atoms with van der Waals surface area (Å²) in [6.45, 7) is 2.31. The molecule has 0 aliphatic carbocycles. The third-order valence-corrected chi connectivity index (χ3v) is 4.68. The highest BCUT2D eigenvalue weighted by atomic mass is 16.3. The van der Waals surface area contributed by atoms with Crippen molar-refractivity contribution in [3.05, 3.63) is 102 Å². The molecule has 0 unspecified atom stereocenters. The third kappa shape index (κ3) is 4.70. The lowest BCUT2D eigenvalue weighted by molar-refractivity contribution is 0.475. The van der Waals surface area contributed by atoms with Gasteiger partial charge in [-0.05, 0) is 42.8 Å². The highest BCUT2D eigenvalue weighted by Gasteiger charge is 2.08. The van der Waals surface area contributed by atoms with Gasteiger partial charge in [0.2, 0.25) is 0 Å². The largest absolute Gasteiger partial charge is 0.508 e. The van der Waals surface area contributed by atoms with Gasteiger partial charge in [-0.3, -0.25) is 0 Å². The van der Waals surface area contributed by atoms with Crippen molar-refractivity contribution in [3.63, 3.8) is 0 Å². The molecule has 5 heteroatoms. The van der Waals surface area contributed by atoms with E-state index in [-0.39, 0.29) is 5.75 Å². The summed E-state index contributed by atoms with van der Waals surface area (Å²) in [5.41, 5.74) is 8.66. The van der Waals surface area contributed by atoms with E-state index >= 15 is 0 Å². The van der Waals surface area contributed by atoms with E-state index in [1.165, 1.54) is 0 Å². The quantitative estimate of drug-likeness (QED) is 0.355. The number of nitrogens with zero attached hydrogens (tertiary/aromatic N) is 3. The lowest BCUT2D eigenvalue weighted by Gasteiger charge is -2.09. The maximum Gasteiger partial charge on any atom is 0.150 e. The number of rotatable bonds is 6. The Morgan fingerprint density at radius 2 is 1.33 bits per heavy atom. The van der Waals surface area contributed by atoms with Crippen molar-refractivity contribution in [1.82, 2.24) is 15.4 Å². The van der Waals surface area contributed by atoms with E-state index in [1.807, 2.05) is 85.8 Å². The van der Waals surface area contributed by atoms with Crippen LogP contribution in [0.2, 0.25) is 0 Å². The van der Waals surface area contributed by atoms with Crippen LogP contribution >= 0.6 is 0 Å². The first-order valence-electron chi connectivity index (χ1n) is 9.74.